The molecule has 0 radical (unpaired) electrons. The van der Waals surface area contributed by atoms with Gasteiger partial charge >= 0.3 is 17.7 Å². The third kappa shape index (κ3) is 3.76. The zero-order valence-electron chi connectivity index (χ0n) is 15.0. The predicted molar refractivity (Wildman–Crippen MR) is 97.4 cm³/mol. The van der Waals surface area contributed by atoms with E-state index in [1.165, 1.54) is 23.8 Å². The quantitative estimate of drug-likeness (QED) is 0.621. The molecule has 0 bridgehead atoms. The minimum absolute atomic E-state index is 0.118. The molecule has 0 fully saturated rings. The second-order valence-corrected chi connectivity index (χ2v) is 5.93. The van der Waals surface area contributed by atoms with Crippen LogP contribution in [0.5, 0.6) is 0 Å². The van der Waals surface area contributed by atoms with Crippen LogP contribution in [-0.2, 0) is 20.9 Å². The molecular formula is C20H19NO6. The fourth-order valence-electron chi connectivity index (χ4n) is 2.86. The summed E-state index contributed by atoms with van der Waals surface area (Å²) in [6, 6.07) is 12.9. The van der Waals surface area contributed by atoms with E-state index in [1.54, 1.807) is 13.0 Å². The lowest BCUT2D eigenvalue weighted by Gasteiger charge is -2.15. The van der Waals surface area contributed by atoms with E-state index in [-0.39, 0.29) is 17.8 Å². The summed E-state index contributed by atoms with van der Waals surface area (Å²) < 4.78 is 16.5. The van der Waals surface area contributed by atoms with E-state index >= 15 is 0 Å². The number of esters is 2. The average Bonchev–Trinajstić information content (AvgIpc) is 3.02. The van der Waals surface area contributed by atoms with Gasteiger partial charge in [0, 0.05) is 0 Å². The maximum atomic E-state index is 12.6. The molecule has 3 aromatic rings. The minimum Gasteiger partial charge on any atom is -0.465 e. The Hall–Kier alpha value is -3.35. The topological polar surface area (TPSA) is 87.7 Å². The Bertz CT molecular complexity index is 1020. The van der Waals surface area contributed by atoms with Crippen molar-refractivity contribution < 1.29 is 23.5 Å². The Balaban J connectivity index is 1.89. The predicted octanol–water partition coefficient (Wildman–Crippen LogP) is 3.08. The molecule has 0 saturated carbocycles. The Morgan fingerprint density at radius 1 is 1.15 bits per heavy atom. The Kier molecular flexibility index (Phi) is 5.40. The van der Waals surface area contributed by atoms with Crippen molar-refractivity contribution in [3.63, 3.8) is 0 Å². The minimum atomic E-state index is -0.827. The summed E-state index contributed by atoms with van der Waals surface area (Å²) in [5.41, 5.74) is 1.73. The molecule has 1 aromatic heterocycles. The van der Waals surface area contributed by atoms with Crippen LogP contribution in [0.2, 0.25) is 0 Å². The van der Waals surface area contributed by atoms with Gasteiger partial charge in [-0.2, -0.15) is 0 Å². The highest BCUT2D eigenvalue weighted by molar-refractivity contribution is 5.93. The molecule has 0 aliphatic carbocycles. The zero-order valence-corrected chi connectivity index (χ0v) is 15.0. The summed E-state index contributed by atoms with van der Waals surface area (Å²) in [5.74, 6) is -1.75. The Morgan fingerprint density at radius 2 is 1.89 bits per heavy atom. The summed E-state index contributed by atoms with van der Waals surface area (Å²) in [6.45, 7) is 1.90. The molecular weight excluding hydrogens is 350 g/mol. The van der Waals surface area contributed by atoms with Crippen molar-refractivity contribution in [2.24, 2.45) is 0 Å². The number of rotatable bonds is 6. The van der Waals surface area contributed by atoms with Gasteiger partial charge in [-0.05, 0) is 30.2 Å². The van der Waals surface area contributed by atoms with Crippen LogP contribution in [0, 0.1) is 0 Å². The van der Waals surface area contributed by atoms with E-state index in [9.17, 15) is 14.4 Å². The molecule has 0 amide bonds. The van der Waals surface area contributed by atoms with E-state index < -0.39 is 23.7 Å². The molecule has 3 rings (SSSR count). The maximum Gasteiger partial charge on any atom is 0.420 e. The SMILES string of the molecule is CCC(C(=O)OCc1ccccc1)n1c(=O)oc2cc(C(=O)OC)ccc21. The van der Waals surface area contributed by atoms with Crippen molar-refractivity contribution in [1.82, 2.24) is 4.57 Å². The van der Waals surface area contributed by atoms with E-state index in [2.05, 4.69) is 4.74 Å². The largest absolute Gasteiger partial charge is 0.465 e. The van der Waals surface area contributed by atoms with E-state index in [0.29, 0.717) is 11.9 Å². The van der Waals surface area contributed by atoms with Gasteiger partial charge in [0.15, 0.2) is 5.58 Å². The van der Waals surface area contributed by atoms with E-state index in [4.69, 9.17) is 9.15 Å². The molecule has 0 aliphatic heterocycles. The number of methoxy groups -OCH3 is 1. The third-order valence-electron chi connectivity index (χ3n) is 4.23. The average molecular weight is 369 g/mol. The molecule has 0 spiro atoms. The summed E-state index contributed by atoms with van der Waals surface area (Å²) in [4.78, 5) is 36.6. The van der Waals surface area contributed by atoms with Gasteiger partial charge in [-0.1, -0.05) is 37.3 Å². The molecule has 7 heteroatoms. The third-order valence-corrected chi connectivity index (χ3v) is 4.23. The number of ether oxygens (including phenoxy) is 2. The van der Waals surface area contributed by atoms with Gasteiger partial charge in [0.25, 0.3) is 0 Å². The molecule has 1 atom stereocenters. The number of benzene rings is 2. The summed E-state index contributed by atoms with van der Waals surface area (Å²) in [6.07, 6.45) is 0.348. The molecule has 27 heavy (non-hydrogen) atoms. The van der Waals surface area contributed by atoms with Crippen LogP contribution >= 0.6 is 0 Å². The van der Waals surface area contributed by atoms with Crippen LogP contribution in [-0.4, -0.2) is 23.6 Å². The van der Waals surface area contributed by atoms with Gasteiger partial charge in [0.05, 0.1) is 18.2 Å². The van der Waals surface area contributed by atoms with Crippen molar-refractivity contribution in [2.75, 3.05) is 7.11 Å². The van der Waals surface area contributed by atoms with Crippen molar-refractivity contribution in [3.8, 4) is 0 Å². The van der Waals surface area contributed by atoms with Crippen molar-refractivity contribution in [1.29, 1.82) is 0 Å². The number of fused-ring (bicyclic) bond motifs is 1. The summed E-state index contributed by atoms with van der Waals surface area (Å²) >= 11 is 0. The number of carbonyl (C=O) groups excluding carboxylic acids is 2. The first-order valence-electron chi connectivity index (χ1n) is 8.49. The maximum absolute atomic E-state index is 12.6. The van der Waals surface area contributed by atoms with Crippen LogP contribution in [0.3, 0.4) is 0 Å². The number of aromatic nitrogens is 1. The fraction of sp³-hybridized carbons (Fsp3) is 0.250. The number of carbonyl (C=O) groups is 2. The van der Waals surface area contributed by atoms with Gasteiger partial charge in [-0.25, -0.2) is 14.4 Å². The standard InChI is InChI=1S/C20H19NO6/c1-3-15(19(23)26-12-13-7-5-4-6-8-13)21-16-10-9-14(18(22)25-2)11-17(16)27-20(21)24/h4-11,15H,3,12H2,1-2H3. The smallest absolute Gasteiger partial charge is 0.420 e. The molecule has 0 N–H and O–H groups in total. The van der Waals surface area contributed by atoms with E-state index in [1.807, 2.05) is 30.3 Å². The molecule has 1 unspecified atom stereocenters. The molecule has 2 aromatic carbocycles. The van der Waals surface area contributed by atoms with Crippen LogP contribution in [0.4, 0.5) is 0 Å². The number of oxazole rings is 1. The van der Waals surface area contributed by atoms with Gasteiger partial charge in [0.2, 0.25) is 0 Å². The van der Waals surface area contributed by atoms with E-state index in [0.717, 1.165) is 5.56 Å². The molecule has 0 aliphatic rings. The van der Waals surface area contributed by atoms with Gasteiger partial charge < -0.3 is 13.9 Å². The second kappa shape index (κ2) is 7.90. The first kappa shape index (κ1) is 18.4. The van der Waals surface area contributed by atoms with Gasteiger partial charge in [-0.3, -0.25) is 4.57 Å². The van der Waals surface area contributed by atoms with Crippen molar-refractivity contribution in [2.45, 2.75) is 26.0 Å². The van der Waals surface area contributed by atoms with Crippen LogP contribution < -0.4 is 5.76 Å². The monoisotopic (exact) mass is 369 g/mol. The van der Waals surface area contributed by atoms with Gasteiger partial charge in [-0.15, -0.1) is 0 Å². The van der Waals surface area contributed by atoms with Crippen molar-refractivity contribution >= 4 is 23.0 Å². The number of hydrogen-bond donors (Lipinski definition) is 0. The highest BCUT2D eigenvalue weighted by atomic mass is 16.5. The zero-order chi connectivity index (χ0) is 19.4. The van der Waals surface area contributed by atoms with Gasteiger partial charge in [0.1, 0.15) is 12.6 Å². The van der Waals surface area contributed by atoms with Crippen LogP contribution in [0.15, 0.2) is 57.7 Å². The lowest BCUT2D eigenvalue weighted by atomic mass is 10.1. The second-order valence-electron chi connectivity index (χ2n) is 5.93. The normalized spacial score (nSPS) is 11.9. The molecule has 140 valence electrons. The van der Waals surface area contributed by atoms with Crippen LogP contribution in [0.1, 0.15) is 35.3 Å². The Labute approximate surface area is 155 Å². The lowest BCUT2D eigenvalue weighted by Crippen LogP contribution is -2.28. The molecule has 1 heterocycles. The molecule has 7 nitrogen and oxygen atoms in total. The Morgan fingerprint density at radius 3 is 2.56 bits per heavy atom. The highest BCUT2D eigenvalue weighted by Gasteiger charge is 2.26. The summed E-state index contributed by atoms with van der Waals surface area (Å²) in [5, 5.41) is 0. The first-order valence-corrected chi connectivity index (χ1v) is 8.49. The lowest BCUT2D eigenvalue weighted by molar-refractivity contribution is -0.149. The molecule has 0 saturated heterocycles. The number of nitrogens with zero attached hydrogens (tertiary/aromatic N) is 1. The fourth-order valence-corrected chi connectivity index (χ4v) is 2.86. The first-order chi connectivity index (χ1) is 13.0. The van der Waals surface area contributed by atoms with Crippen molar-refractivity contribution in [3.05, 3.63) is 70.2 Å². The highest BCUT2D eigenvalue weighted by Crippen LogP contribution is 2.22. The van der Waals surface area contributed by atoms with Crippen LogP contribution in [0.25, 0.3) is 11.1 Å². The number of hydrogen-bond acceptors (Lipinski definition) is 6. The summed E-state index contributed by atoms with van der Waals surface area (Å²) in [7, 11) is 1.27.